The predicted octanol–water partition coefficient (Wildman–Crippen LogP) is 2.63. The molecule has 7 heteroatoms. The standard InChI is InChI=1S/C16H25N3O4/c1-15(2,3)23-14(21)18-16(8-5-4-6-9-16)11-17-13(20)12-7-10-22-19-12/h7,10H,4-6,8-9,11H2,1-3H3,(H,17,20)(H,18,21). The van der Waals surface area contributed by atoms with Crippen molar-refractivity contribution in [2.45, 2.75) is 64.0 Å². The predicted molar refractivity (Wildman–Crippen MR) is 84.0 cm³/mol. The first-order valence-corrected chi connectivity index (χ1v) is 7.99. The van der Waals surface area contributed by atoms with Gasteiger partial charge in [0.05, 0.1) is 5.54 Å². The van der Waals surface area contributed by atoms with E-state index >= 15 is 0 Å². The molecule has 0 aliphatic heterocycles. The third-order valence-electron chi connectivity index (χ3n) is 3.83. The summed E-state index contributed by atoms with van der Waals surface area (Å²) < 4.78 is 10.0. The first kappa shape index (κ1) is 17.3. The molecule has 0 atom stereocenters. The van der Waals surface area contributed by atoms with Gasteiger partial charge in [-0.25, -0.2) is 4.79 Å². The number of alkyl carbamates (subject to hydrolysis) is 1. The zero-order chi connectivity index (χ0) is 16.9. The Morgan fingerprint density at radius 1 is 1.30 bits per heavy atom. The van der Waals surface area contributed by atoms with Crippen molar-refractivity contribution < 1.29 is 18.8 Å². The lowest BCUT2D eigenvalue weighted by Crippen LogP contribution is -2.57. The van der Waals surface area contributed by atoms with Crippen LogP contribution >= 0.6 is 0 Å². The summed E-state index contributed by atoms with van der Waals surface area (Å²) >= 11 is 0. The van der Waals surface area contributed by atoms with Crippen LogP contribution in [0.15, 0.2) is 16.9 Å². The minimum absolute atomic E-state index is 0.230. The highest BCUT2D eigenvalue weighted by atomic mass is 16.6. The molecule has 2 rings (SSSR count). The Morgan fingerprint density at radius 2 is 2.00 bits per heavy atom. The quantitative estimate of drug-likeness (QED) is 0.888. The summed E-state index contributed by atoms with van der Waals surface area (Å²) in [6.45, 7) is 5.82. The van der Waals surface area contributed by atoms with E-state index in [1.165, 1.54) is 12.3 Å². The summed E-state index contributed by atoms with van der Waals surface area (Å²) in [6, 6.07) is 1.50. The van der Waals surface area contributed by atoms with Crippen LogP contribution in [0.3, 0.4) is 0 Å². The summed E-state index contributed by atoms with van der Waals surface area (Å²) in [5.41, 5.74) is -0.794. The van der Waals surface area contributed by atoms with E-state index in [2.05, 4.69) is 20.3 Å². The van der Waals surface area contributed by atoms with Gasteiger partial charge in [-0.3, -0.25) is 4.79 Å². The first-order valence-electron chi connectivity index (χ1n) is 7.99. The van der Waals surface area contributed by atoms with Crippen molar-refractivity contribution in [1.29, 1.82) is 0 Å². The van der Waals surface area contributed by atoms with Gasteiger partial charge in [0, 0.05) is 12.6 Å². The number of hydrogen-bond acceptors (Lipinski definition) is 5. The number of carbonyl (C=O) groups excluding carboxylic acids is 2. The highest BCUT2D eigenvalue weighted by Gasteiger charge is 2.35. The fraction of sp³-hybridized carbons (Fsp3) is 0.688. The topological polar surface area (TPSA) is 93.5 Å². The normalized spacial score (nSPS) is 17.3. The van der Waals surface area contributed by atoms with Gasteiger partial charge in [0.15, 0.2) is 5.69 Å². The molecular weight excluding hydrogens is 298 g/mol. The van der Waals surface area contributed by atoms with E-state index < -0.39 is 17.2 Å². The average Bonchev–Trinajstić information content (AvgIpc) is 2.98. The number of carbonyl (C=O) groups is 2. The Hall–Kier alpha value is -2.05. The van der Waals surface area contributed by atoms with Crippen molar-refractivity contribution in [3.63, 3.8) is 0 Å². The number of nitrogens with zero attached hydrogens (tertiary/aromatic N) is 1. The molecule has 0 unspecified atom stereocenters. The van der Waals surface area contributed by atoms with Crippen molar-refractivity contribution in [2.24, 2.45) is 0 Å². The summed E-state index contributed by atoms with van der Waals surface area (Å²) in [4.78, 5) is 24.2. The Labute approximate surface area is 136 Å². The molecule has 1 saturated carbocycles. The lowest BCUT2D eigenvalue weighted by molar-refractivity contribution is 0.0419. The van der Waals surface area contributed by atoms with E-state index in [9.17, 15) is 9.59 Å². The van der Waals surface area contributed by atoms with Crippen LogP contribution in [0, 0.1) is 0 Å². The monoisotopic (exact) mass is 323 g/mol. The largest absolute Gasteiger partial charge is 0.444 e. The fourth-order valence-corrected chi connectivity index (χ4v) is 2.76. The minimum Gasteiger partial charge on any atom is -0.444 e. The van der Waals surface area contributed by atoms with E-state index in [1.54, 1.807) is 0 Å². The molecule has 2 N–H and O–H groups in total. The zero-order valence-corrected chi connectivity index (χ0v) is 14.0. The van der Waals surface area contributed by atoms with Crippen LogP contribution in [-0.2, 0) is 4.74 Å². The molecule has 1 heterocycles. The lowest BCUT2D eigenvalue weighted by atomic mass is 9.81. The van der Waals surface area contributed by atoms with Gasteiger partial charge in [-0.1, -0.05) is 24.4 Å². The van der Waals surface area contributed by atoms with Gasteiger partial charge in [0.1, 0.15) is 11.9 Å². The Bertz CT molecular complexity index is 528. The second-order valence-corrected chi connectivity index (χ2v) is 7.04. The van der Waals surface area contributed by atoms with E-state index in [0.29, 0.717) is 6.54 Å². The van der Waals surface area contributed by atoms with Gasteiger partial charge < -0.3 is 19.9 Å². The molecule has 0 spiro atoms. The summed E-state index contributed by atoms with van der Waals surface area (Å²) in [7, 11) is 0. The van der Waals surface area contributed by atoms with Crippen LogP contribution in [-0.4, -0.2) is 34.8 Å². The van der Waals surface area contributed by atoms with Crippen LogP contribution in [0.5, 0.6) is 0 Å². The smallest absolute Gasteiger partial charge is 0.408 e. The van der Waals surface area contributed by atoms with Crippen LogP contribution in [0.4, 0.5) is 4.79 Å². The molecule has 1 aromatic rings. The number of rotatable bonds is 4. The van der Waals surface area contributed by atoms with Gasteiger partial charge >= 0.3 is 6.09 Å². The molecule has 1 fully saturated rings. The minimum atomic E-state index is -0.552. The number of aromatic nitrogens is 1. The average molecular weight is 323 g/mol. The summed E-state index contributed by atoms with van der Waals surface area (Å²) in [5, 5.41) is 9.41. The zero-order valence-electron chi connectivity index (χ0n) is 14.0. The third-order valence-corrected chi connectivity index (χ3v) is 3.83. The molecule has 0 aromatic carbocycles. The number of hydrogen-bond donors (Lipinski definition) is 2. The first-order chi connectivity index (χ1) is 10.8. The molecule has 7 nitrogen and oxygen atoms in total. The van der Waals surface area contributed by atoms with E-state index in [1.807, 2.05) is 20.8 Å². The van der Waals surface area contributed by atoms with E-state index in [4.69, 9.17) is 4.74 Å². The molecule has 1 aliphatic carbocycles. The van der Waals surface area contributed by atoms with Crippen molar-refractivity contribution >= 4 is 12.0 Å². The molecule has 23 heavy (non-hydrogen) atoms. The maximum absolute atomic E-state index is 12.1. The molecule has 0 bridgehead atoms. The molecule has 0 saturated heterocycles. The summed E-state index contributed by atoms with van der Waals surface area (Å²) in [6.07, 6.45) is 5.68. The Morgan fingerprint density at radius 3 is 2.57 bits per heavy atom. The van der Waals surface area contributed by atoms with Gasteiger partial charge in [0.25, 0.3) is 5.91 Å². The Balaban J connectivity index is 1.98. The highest BCUT2D eigenvalue weighted by Crippen LogP contribution is 2.28. The van der Waals surface area contributed by atoms with Crippen molar-refractivity contribution in [2.75, 3.05) is 6.54 Å². The van der Waals surface area contributed by atoms with Crippen LogP contribution in [0.1, 0.15) is 63.4 Å². The highest BCUT2D eigenvalue weighted by molar-refractivity contribution is 5.92. The van der Waals surface area contributed by atoms with E-state index in [-0.39, 0.29) is 11.6 Å². The third kappa shape index (κ3) is 5.26. The second-order valence-electron chi connectivity index (χ2n) is 7.04. The molecule has 128 valence electrons. The Kier molecular flexibility index (Phi) is 5.28. The molecular formula is C16H25N3O4. The fourth-order valence-electron chi connectivity index (χ4n) is 2.76. The molecule has 1 aromatic heterocycles. The SMILES string of the molecule is CC(C)(C)OC(=O)NC1(CNC(=O)c2ccon2)CCCCC1. The lowest BCUT2D eigenvalue weighted by Gasteiger charge is -2.38. The van der Waals surface area contributed by atoms with E-state index in [0.717, 1.165) is 32.1 Å². The molecule has 1 aliphatic rings. The second kappa shape index (κ2) is 7.02. The maximum Gasteiger partial charge on any atom is 0.408 e. The van der Waals surface area contributed by atoms with Crippen molar-refractivity contribution in [1.82, 2.24) is 15.8 Å². The summed E-state index contributed by atoms with van der Waals surface area (Å²) in [5.74, 6) is -0.310. The van der Waals surface area contributed by atoms with Crippen LogP contribution in [0.25, 0.3) is 0 Å². The number of amides is 2. The van der Waals surface area contributed by atoms with Crippen molar-refractivity contribution in [3.8, 4) is 0 Å². The van der Waals surface area contributed by atoms with Gasteiger partial charge in [-0.05, 0) is 33.6 Å². The number of nitrogens with one attached hydrogen (secondary N) is 2. The van der Waals surface area contributed by atoms with Crippen molar-refractivity contribution in [3.05, 3.63) is 18.0 Å². The van der Waals surface area contributed by atoms with Gasteiger partial charge in [-0.2, -0.15) is 0 Å². The van der Waals surface area contributed by atoms with Gasteiger partial charge in [-0.15, -0.1) is 0 Å². The molecule has 0 radical (unpaired) electrons. The maximum atomic E-state index is 12.1. The molecule has 2 amide bonds. The number of ether oxygens (including phenoxy) is 1. The van der Waals surface area contributed by atoms with Gasteiger partial charge in [0.2, 0.25) is 0 Å². The van der Waals surface area contributed by atoms with Crippen LogP contribution in [0.2, 0.25) is 0 Å². The van der Waals surface area contributed by atoms with Crippen LogP contribution < -0.4 is 10.6 Å².